The van der Waals surface area contributed by atoms with E-state index in [-0.39, 0.29) is 5.41 Å². The number of hydrogen-bond acceptors (Lipinski definition) is 2. The molecule has 2 heterocycles. The van der Waals surface area contributed by atoms with Crippen LogP contribution in [0.25, 0.3) is 66.9 Å². The maximum Gasteiger partial charge on any atom is 0.220 e. The summed E-state index contributed by atoms with van der Waals surface area (Å²) in [5.74, 6) is 0.890. The Hall–Kier alpha value is -7.17. The molecular weight excluding hydrogens is 681 g/mol. The highest BCUT2D eigenvalue weighted by molar-refractivity contribution is 5.95. The molecule has 0 unspecified atom stereocenters. The Morgan fingerprint density at radius 1 is 0.429 bits per heavy atom. The van der Waals surface area contributed by atoms with E-state index in [0.717, 1.165) is 50.6 Å². The van der Waals surface area contributed by atoms with Crippen LogP contribution in [0.2, 0.25) is 0 Å². The second-order valence-electron chi connectivity index (χ2n) is 15.3. The summed E-state index contributed by atoms with van der Waals surface area (Å²) in [6, 6.07) is 70.1. The van der Waals surface area contributed by atoms with E-state index in [4.69, 9.17) is 4.98 Å². The summed E-state index contributed by atoms with van der Waals surface area (Å²) in [7, 11) is 0. The minimum atomic E-state index is -0.121. The molecule has 0 aliphatic heterocycles. The largest absolute Gasteiger partial charge is 0.310 e. The molecule has 0 radical (unpaired) electrons. The molecule has 10 aromatic rings. The van der Waals surface area contributed by atoms with Gasteiger partial charge in [0.1, 0.15) is 0 Å². The third-order valence-corrected chi connectivity index (χ3v) is 11.7. The van der Waals surface area contributed by atoms with Crippen molar-refractivity contribution in [2.75, 3.05) is 4.90 Å². The molecule has 0 spiro atoms. The molecule has 0 atom stereocenters. The highest BCUT2D eigenvalue weighted by Crippen LogP contribution is 2.51. The Balaban J connectivity index is 1.11. The number of para-hydroxylation sites is 2. The molecular formula is C52H38N4. The number of rotatable bonds is 6. The van der Waals surface area contributed by atoms with Gasteiger partial charge in [0.25, 0.3) is 0 Å². The molecule has 4 nitrogen and oxygen atoms in total. The molecule has 56 heavy (non-hydrogen) atoms. The fourth-order valence-corrected chi connectivity index (χ4v) is 8.93. The van der Waals surface area contributed by atoms with E-state index in [9.17, 15) is 0 Å². The topological polar surface area (TPSA) is 25.5 Å². The monoisotopic (exact) mass is 718 g/mol. The molecule has 1 aliphatic rings. The standard InChI is InChI=1S/C52H38N4/c1-52(2)45-18-10-9-17-43(45)44-31-29-41(33-46(44)52)54(39-25-21-37(22-26-39)35-13-5-3-6-14-35)42-30-32-49-50(34-42)56-48-20-12-11-19-47(48)53-51(56)55(49)40-27-23-38(24-28-40)36-15-7-4-8-16-36/h3-34H,1-2H3. The quantitative estimate of drug-likeness (QED) is 0.171. The Morgan fingerprint density at radius 2 is 0.982 bits per heavy atom. The Bertz CT molecular complexity index is 3080. The van der Waals surface area contributed by atoms with Gasteiger partial charge in [-0.2, -0.15) is 0 Å². The summed E-state index contributed by atoms with van der Waals surface area (Å²) in [5.41, 5.74) is 18.6. The maximum atomic E-state index is 5.23. The van der Waals surface area contributed by atoms with E-state index in [2.05, 4.69) is 222 Å². The highest BCUT2D eigenvalue weighted by atomic mass is 15.2. The number of nitrogens with zero attached hydrogens (tertiary/aromatic N) is 4. The average Bonchev–Trinajstić information content (AvgIpc) is 3.86. The number of imidazole rings is 2. The zero-order valence-corrected chi connectivity index (χ0v) is 31.3. The van der Waals surface area contributed by atoms with Crippen LogP contribution < -0.4 is 4.90 Å². The summed E-state index contributed by atoms with van der Waals surface area (Å²) in [6.45, 7) is 4.70. The van der Waals surface area contributed by atoms with Crippen LogP contribution in [0.15, 0.2) is 194 Å². The lowest BCUT2D eigenvalue weighted by atomic mass is 9.82. The number of anilines is 3. The second-order valence-corrected chi connectivity index (χ2v) is 15.3. The predicted molar refractivity (Wildman–Crippen MR) is 233 cm³/mol. The molecule has 0 saturated carbocycles. The Labute approximate surface area is 326 Å². The van der Waals surface area contributed by atoms with Crippen molar-refractivity contribution in [3.63, 3.8) is 0 Å². The molecule has 11 rings (SSSR count). The first kappa shape index (κ1) is 32.3. The van der Waals surface area contributed by atoms with Gasteiger partial charge in [-0.15, -0.1) is 0 Å². The number of hydrogen-bond donors (Lipinski definition) is 0. The van der Waals surface area contributed by atoms with Crippen LogP contribution in [-0.4, -0.2) is 14.0 Å². The van der Waals surface area contributed by atoms with Gasteiger partial charge in [0.05, 0.1) is 22.1 Å². The maximum absolute atomic E-state index is 5.23. The van der Waals surface area contributed by atoms with Crippen LogP contribution in [-0.2, 0) is 5.41 Å². The first-order valence-electron chi connectivity index (χ1n) is 19.3. The van der Waals surface area contributed by atoms with E-state index in [1.807, 2.05) is 0 Å². The van der Waals surface area contributed by atoms with Gasteiger partial charge in [-0.25, -0.2) is 4.98 Å². The van der Waals surface area contributed by atoms with Crippen LogP contribution in [0.1, 0.15) is 25.0 Å². The van der Waals surface area contributed by atoms with Crippen LogP contribution in [0.5, 0.6) is 0 Å². The summed E-state index contributed by atoms with van der Waals surface area (Å²) in [4.78, 5) is 7.63. The van der Waals surface area contributed by atoms with Crippen molar-refractivity contribution < 1.29 is 0 Å². The molecule has 8 aromatic carbocycles. The fraction of sp³-hybridized carbons (Fsp3) is 0.0577. The number of aromatic nitrogens is 3. The van der Waals surface area contributed by atoms with E-state index in [1.54, 1.807) is 0 Å². The van der Waals surface area contributed by atoms with Crippen molar-refractivity contribution in [1.82, 2.24) is 14.0 Å². The van der Waals surface area contributed by atoms with E-state index in [1.165, 1.54) is 44.5 Å². The van der Waals surface area contributed by atoms with E-state index < -0.39 is 0 Å². The van der Waals surface area contributed by atoms with Crippen molar-refractivity contribution in [3.05, 3.63) is 205 Å². The van der Waals surface area contributed by atoms with E-state index >= 15 is 0 Å². The SMILES string of the molecule is CC1(C)c2ccccc2-c2ccc(N(c3ccc(-c4ccccc4)cc3)c3ccc4c(c3)n3c5ccccc5nc3n4-c3ccc(-c4ccccc4)cc3)cc21. The molecule has 0 amide bonds. The van der Waals surface area contributed by atoms with Crippen molar-refractivity contribution in [1.29, 1.82) is 0 Å². The molecule has 2 aromatic heterocycles. The fourth-order valence-electron chi connectivity index (χ4n) is 8.93. The van der Waals surface area contributed by atoms with Crippen LogP contribution >= 0.6 is 0 Å². The highest BCUT2D eigenvalue weighted by Gasteiger charge is 2.35. The third-order valence-electron chi connectivity index (χ3n) is 11.7. The molecule has 4 heteroatoms. The van der Waals surface area contributed by atoms with Crippen molar-refractivity contribution >= 4 is 44.9 Å². The smallest absolute Gasteiger partial charge is 0.220 e. The molecule has 1 aliphatic carbocycles. The van der Waals surface area contributed by atoms with Crippen LogP contribution in [0, 0.1) is 0 Å². The van der Waals surface area contributed by atoms with Gasteiger partial charge in [-0.05, 0) is 111 Å². The minimum absolute atomic E-state index is 0.121. The average molecular weight is 719 g/mol. The summed E-state index contributed by atoms with van der Waals surface area (Å²) in [6.07, 6.45) is 0. The van der Waals surface area contributed by atoms with Crippen molar-refractivity contribution in [3.8, 4) is 39.1 Å². The molecule has 0 fully saturated rings. The first-order valence-corrected chi connectivity index (χ1v) is 19.3. The minimum Gasteiger partial charge on any atom is -0.310 e. The molecule has 0 saturated heterocycles. The van der Waals surface area contributed by atoms with Gasteiger partial charge in [0.15, 0.2) is 0 Å². The zero-order chi connectivity index (χ0) is 37.4. The lowest BCUT2D eigenvalue weighted by Gasteiger charge is -2.28. The number of benzene rings is 8. The number of fused-ring (bicyclic) bond motifs is 8. The lowest BCUT2D eigenvalue weighted by Crippen LogP contribution is -2.16. The van der Waals surface area contributed by atoms with Gasteiger partial charge >= 0.3 is 0 Å². The molecule has 0 N–H and O–H groups in total. The predicted octanol–water partition coefficient (Wildman–Crippen LogP) is 13.5. The zero-order valence-electron chi connectivity index (χ0n) is 31.3. The van der Waals surface area contributed by atoms with Gasteiger partial charge in [0.2, 0.25) is 5.78 Å². The molecule has 266 valence electrons. The Morgan fingerprint density at radius 3 is 1.71 bits per heavy atom. The lowest BCUT2D eigenvalue weighted by molar-refractivity contribution is 0.660. The molecule has 0 bridgehead atoms. The van der Waals surface area contributed by atoms with E-state index in [0.29, 0.717) is 0 Å². The summed E-state index contributed by atoms with van der Waals surface area (Å²) >= 11 is 0. The third kappa shape index (κ3) is 4.96. The van der Waals surface area contributed by atoms with Gasteiger partial charge in [-0.3, -0.25) is 8.97 Å². The first-order chi connectivity index (χ1) is 27.5. The van der Waals surface area contributed by atoms with Crippen molar-refractivity contribution in [2.45, 2.75) is 19.3 Å². The Kier molecular flexibility index (Phi) is 7.17. The van der Waals surface area contributed by atoms with Crippen LogP contribution in [0.3, 0.4) is 0 Å². The normalized spacial score (nSPS) is 13.0. The van der Waals surface area contributed by atoms with Gasteiger partial charge in [-0.1, -0.05) is 141 Å². The van der Waals surface area contributed by atoms with Gasteiger partial charge < -0.3 is 4.90 Å². The van der Waals surface area contributed by atoms with Crippen molar-refractivity contribution in [2.24, 2.45) is 0 Å². The van der Waals surface area contributed by atoms with Gasteiger partial charge in [0, 0.05) is 28.2 Å². The summed E-state index contributed by atoms with van der Waals surface area (Å²) < 4.78 is 4.61. The van der Waals surface area contributed by atoms with Crippen LogP contribution in [0.4, 0.5) is 17.1 Å². The second kappa shape index (κ2) is 12.4. The summed E-state index contributed by atoms with van der Waals surface area (Å²) in [5, 5.41) is 0.